The van der Waals surface area contributed by atoms with Gasteiger partial charge in [0.2, 0.25) is 10.0 Å². The second-order valence-corrected chi connectivity index (χ2v) is 14.5. The van der Waals surface area contributed by atoms with Crippen molar-refractivity contribution in [2.45, 2.75) is 30.6 Å². The number of benzene rings is 1. The molecule has 0 aliphatic rings. The number of hydrogen-bond acceptors (Lipinski definition) is 5. The first-order valence-corrected chi connectivity index (χ1v) is 13.2. The molecule has 0 unspecified atom stereocenters. The van der Waals surface area contributed by atoms with Crippen LogP contribution in [0.4, 0.5) is 5.69 Å². The molecular weight excluding hydrogens is 356 g/mol. The first-order valence-electron chi connectivity index (χ1n) is 8.01. The zero-order chi connectivity index (χ0) is 19.1. The molecule has 0 aliphatic carbocycles. The Labute approximate surface area is 152 Å². The summed E-state index contributed by atoms with van der Waals surface area (Å²) in [5.74, 6) is 2.88. The molecule has 0 spiro atoms. The molecule has 1 N–H and O–H groups in total. The molecule has 1 aromatic carbocycles. The average Bonchev–Trinajstić information content (AvgIpc) is 2.55. The van der Waals surface area contributed by atoms with E-state index in [9.17, 15) is 8.42 Å². The van der Waals surface area contributed by atoms with Crippen molar-refractivity contribution in [2.24, 2.45) is 0 Å². The van der Waals surface area contributed by atoms with E-state index in [2.05, 4.69) is 30.9 Å². The van der Waals surface area contributed by atoms with Gasteiger partial charge in [-0.15, -0.1) is 6.42 Å². The van der Waals surface area contributed by atoms with Crippen molar-refractivity contribution in [1.29, 1.82) is 0 Å². The minimum Gasteiger partial charge on any atom is -0.495 e. The number of hydrogen-bond donors (Lipinski definition) is 1. The lowest BCUT2D eigenvalue weighted by Crippen LogP contribution is -2.30. The molecule has 0 atom stereocenters. The monoisotopic (exact) mass is 384 g/mol. The maximum absolute atomic E-state index is 12.7. The van der Waals surface area contributed by atoms with Crippen LogP contribution in [0.25, 0.3) is 0 Å². The Balaban J connectivity index is 2.81. The molecule has 0 saturated carbocycles. The molecule has 1 rings (SSSR count). The number of terminal acetylenes is 1. The van der Waals surface area contributed by atoms with Crippen molar-refractivity contribution >= 4 is 23.8 Å². The zero-order valence-corrected chi connectivity index (χ0v) is 17.4. The van der Waals surface area contributed by atoms with E-state index in [1.165, 1.54) is 30.6 Å². The number of methoxy groups -OCH3 is 1. The number of sulfonamides is 1. The average molecular weight is 385 g/mol. The zero-order valence-electron chi connectivity index (χ0n) is 15.6. The highest BCUT2D eigenvalue weighted by Crippen LogP contribution is 2.28. The summed E-state index contributed by atoms with van der Waals surface area (Å²) in [4.78, 5) is 0.145. The SMILES string of the molecule is C#CCNc1ccc(S(=O)(=O)N(C)COCC[Si](C)(C)C)cc1OC. The number of rotatable bonds is 10. The van der Waals surface area contributed by atoms with Gasteiger partial charge in [0.05, 0.1) is 24.2 Å². The maximum atomic E-state index is 12.7. The fourth-order valence-electron chi connectivity index (χ4n) is 1.95. The molecule has 0 saturated heterocycles. The van der Waals surface area contributed by atoms with Gasteiger partial charge in [-0.05, 0) is 18.2 Å². The fraction of sp³-hybridized carbons (Fsp3) is 0.529. The van der Waals surface area contributed by atoms with Crippen molar-refractivity contribution in [3.05, 3.63) is 18.2 Å². The summed E-state index contributed by atoms with van der Waals surface area (Å²) in [5, 5.41) is 2.99. The predicted molar refractivity (Wildman–Crippen MR) is 104 cm³/mol. The smallest absolute Gasteiger partial charge is 0.244 e. The summed E-state index contributed by atoms with van der Waals surface area (Å²) in [6, 6.07) is 5.63. The van der Waals surface area contributed by atoms with Crippen LogP contribution in [-0.2, 0) is 14.8 Å². The van der Waals surface area contributed by atoms with Crippen LogP contribution in [0.5, 0.6) is 5.75 Å². The van der Waals surface area contributed by atoms with Gasteiger partial charge in [0.1, 0.15) is 12.5 Å². The third-order valence-corrected chi connectivity index (χ3v) is 7.01. The predicted octanol–water partition coefficient (Wildman–Crippen LogP) is 2.67. The Bertz CT molecular complexity index is 708. The third kappa shape index (κ3) is 6.70. The van der Waals surface area contributed by atoms with E-state index in [1.807, 2.05) is 0 Å². The molecule has 140 valence electrons. The van der Waals surface area contributed by atoms with Crippen molar-refractivity contribution < 1.29 is 17.9 Å². The first-order chi connectivity index (χ1) is 11.6. The molecule has 0 aromatic heterocycles. The van der Waals surface area contributed by atoms with E-state index in [-0.39, 0.29) is 11.6 Å². The number of nitrogens with zero attached hydrogens (tertiary/aromatic N) is 1. The largest absolute Gasteiger partial charge is 0.495 e. The summed E-state index contributed by atoms with van der Waals surface area (Å²) in [7, 11) is -1.87. The van der Waals surface area contributed by atoms with Gasteiger partial charge in [-0.3, -0.25) is 0 Å². The topological polar surface area (TPSA) is 67.9 Å². The van der Waals surface area contributed by atoms with E-state index in [1.54, 1.807) is 6.07 Å². The Morgan fingerprint density at radius 1 is 1.32 bits per heavy atom. The van der Waals surface area contributed by atoms with Gasteiger partial charge in [0.25, 0.3) is 0 Å². The van der Waals surface area contributed by atoms with Crippen molar-refractivity contribution in [2.75, 3.05) is 39.4 Å². The lowest BCUT2D eigenvalue weighted by molar-refractivity contribution is 0.0907. The summed E-state index contributed by atoms with van der Waals surface area (Å²) < 4.78 is 37.3. The molecule has 1 aromatic rings. The van der Waals surface area contributed by atoms with Crippen molar-refractivity contribution in [3.63, 3.8) is 0 Å². The summed E-state index contributed by atoms with van der Waals surface area (Å²) in [6.07, 6.45) is 5.22. The number of anilines is 1. The molecule has 0 fully saturated rings. The molecular formula is C17H28N2O4SSi. The van der Waals surface area contributed by atoms with Crippen LogP contribution in [-0.4, -0.2) is 54.8 Å². The van der Waals surface area contributed by atoms with E-state index in [0.717, 1.165) is 6.04 Å². The normalized spacial score (nSPS) is 12.0. The van der Waals surface area contributed by atoms with E-state index >= 15 is 0 Å². The standard InChI is InChI=1S/C17H28N2O4SSi/c1-7-10-18-16-9-8-15(13-17(16)22-3)24(20,21)19(2)14-23-11-12-25(4,5)6/h1,8-9,13,18H,10-12,14H2,2-6H3. The lowest BCUT2D eigenvalue weighted by Gasteiger charge is -2.20. The van der Waals surface area contributed by atoms with Gasteiger partial charge in [-0.1, -0.05) is 25.6 Å². The quantitative estimate of drug-likeness (QED) is 0.291. The van der Waals surface area contributed by atoms with Crippen LogP contribution < -0.4 is 10.1 Å². The van der Waals surface area contributed by atoms with Gasteiger partial charge in [-0.2, -0.15) is 4.31 Å². The third-order valence-electron chi connectivity index (χ3n) is 3.53. The van der Waals surface area contributed by atoms with E-state index in [0.29, 0.717) is 24.6 Å². The number of ether oxygens (including phenoxy) is 2. The Kier molecular flexibility index (Phi) is 7.95. The summed E-state index contributed by atoms with van der Waals surface area (Å²) in [5.41, 5.74) is 0.647. The molecule has 25 heavy (non-hydrogen) atoms. The molecule has 0 aliphatic heterocycles. The van der Waals surface area contributed by atoms with Crippen molar-refractivity contribution in [3.8, 4) is 18.1 Å². The van der Waals surface area contributed by atoms with Crippen LogP contribution in [0.3, 0.4) is 0 Å². The second-order valence-electron chi connectivity index (χ2n) is 6.87. The molecule has 8 heteroatoms. The number of nitrogens with one attached hydrogen (secondary N) is 1. The summed E-state index contributed by atoms with van der Waals surface area (Å²) >= 11 is 0. The highest BCUT2D eigenvalue weighted by molar-refractivity contribution is 7.89. The highest BCUT2D eigenvalue weighted by atomic mass is 32.2. The second kappa shape index (κ2) is 9.24. The molecule has 0 heterocycles. The van der Waals surface area contributed by atoms with Gasteiger partial charge in [0, 0.05) is 27.8 Å². The van der Waals surface area contributed by atoms with Crippen LogP contribution in [0.1, 0.15) is 0 Å². The Morgan fingerprint density at radius 2 is 2.00 bits per heavy atom. The van der Waals surface area contributed by atoms with Gasteiger partial charge < -0.3 is 14.8 Å². The minimum atomic E-state index is -3.65. The summed E-state index contributed by atoms with van der Waals surface area (Å²) in [6.45, 7) is 7.66. The van der Waals surface area contributed by atoms with Crippen LogP contribution in [0.2, 0.25) is 25.7 Å². The Hall–Kier alpha value is -1.53. The van der Waals surface area contributed by atoms with Crippen LogP contribution in [0, 0.1) is 12.3 Å². The van der Waals surface area contributed by atoms with Gasteiger partial charge >= 0.3 is 0 Å². The fourth-order valence-corrected chi connectivity index (χ4v) is 3.77. The lowest BCUT2D eigenvalue weighted by atomic mass is 10.3. The maximum Gasteiger partial charge on any atom is 0.244 e. The van der Waals surface area contributed by atoms with Crippen LogP contribution in [0.15, 0.2) is 23.1 Å². The van der Waals surface area contributed by atoms with Gasteiger partial charge in [-0.25, -0.2) is 8.42 Å². The molecule has 0 radical (unpaired) electrons. The Morgan fingerprint density at radius 3 is 2.56 bits per heavy atom. The van der Waals surface area contributed by atoms with Crippen molar-refractivity contribution in [1.82, 2.24) is 4.31 Å². The highest BCUT2D eigenvalue weighted by Gasteiger charge is 2.22. The minimum absolute atomic E-state index is 0.0201. The molecule has 0 amide bonds. The van der Waals surface area contributed by atoms with E-state index < -0.39 is 18.1 Å². The van der Waals surface area contributed by atoms with Crippen LogP contribution >= 0.6 is 0 Å². The molecule has 0 bridgehead atoms. The first kappa shape index (κ1) is 21.5. The van der Waals surface area contributed by atoms with E-state index in [4.69, 9.17) is 15.9 Å². The van der Waals surface area contributed by atoms with Gasteiger partial charge in [0.15, 0.2) is 0 Å². The molecule has 6 nitrogen and oxygen atoms in total.